The van der Waals surface area contributed by atoms with E-state index in [1.807, 2.05) is 0 Å². The van der Waals surface area contributed by atoms with Gasteiger partial charge in [-0.1, -0.05) is 6.07 Å². The average Bonchev–Trinajstić information content (AvgIpc) is 2.08. The van der Waals surface area contributed by atoms with E-state index in [9.17, 15) is 4.79 Å². The van der Waals surface area contributed by atoms with Crippen molar-refractivity contribution >= 4 is 17.9 Å². The molecule has 1 unspecified atom stereocenters. The first-order valence-electron chi connectivity index (χ1n) is 3.26. The fourth-order valence-corrected chi connectivity index (χ4v) is 0.926. The van der Waals surface area contributed by atoms with Gasteiger partial charge in [0.25, 0.3) is 0 Å². The first-order valence-corrected chi connectivity index (χ1v) is 3.70. The predicted molar refractivity (Wildman–Crippen MR) is 44.4 cm³/mol. The van der Waals surface area contributed by atoms with E-state index in [4.69, 9.17) is 21.8 Å². The number of rotatable bonds is 2. The van der Waals surface area contributed by atoms with Gasteiger partial charge in [-0.2, -0.15) is 0 Å². The summed E-state index contributed by atoms with van der Waals surface area (Å²) in [6, 6.07) is 4.01. The van der Waals surface area contributed by atoms with Crippen LogP contribution in [0.15, 0.2) is 18.2 Å². The van der Waals surface area contributed by atoms with Gasteiger partial charge in [-0.15, -0.1) is 11.6 Å². The van der Waals surface area contributed by atoms with Crippen LogP contribution in [0.1, 0.15) is 10.9 Å². The molecule has 0 bridgehead atoms. The molecule has 3 nitrogen and oxygen atoms in total. The van der Waals surface area contributed by atoms with Gasteiger partial charge >= 0.3 is 0 Å². The third-order valence-electron chi connectivity index (χ3n) is 1.44. The van der Waals surface area contributed by atoms with E-state index in [1.165, 1.54) is 18.2 Å². The van der Waals surface area contributed by atoms with Gasteiger partial charge < -0.3 is 15.0 Å². The van der Waals surface area contributed by atoms with Crippen LogP contribution < -0.4 is 0 Å². The van der Waals surface area contributed by atoms with Crippen LogP contribution in [0.2, 0.25) is 0 Å². The molecule has 4 heteroatoms. The molecule has 12 heavy (non-hydrogen) atoms. The molecule has 2 N–H and O–H groups in total. The fourth-order valence-electron chi connectivity index (χ4n) is 0.791. The van der Waals surface area contributed by atoms with Gasteiger partial charge in [-0.25, -0.2) is 0 Å². The molecule has 1 aromatic carbocycles. The minimum absolute atomic E-state index is 0.228. The third kappa shape index (κ3) is 1.68. The van der Waals surface area contributed by atoms with Gasteiger partial charge in [-0.3, -0.25) is 0 Å². The Morgan fingerprint density at radius 2 is 2.00 bits per heavy atom. The van der Waals surface area contributed by atoms with E-state index in [1.54, 1.807) is 0 Å². The average molecular weight is 187 g/mol. The topological polar surface area (TPSA) is 57.5 Å². The van der Waals surface area contributed by atoms with Gasteiger partial charge in [0.05, 0.1) is 0 Å². The quantitative estimate of drug-likeness (QED) is 0.419. The Balaban J connectivity index is 3.04. The molecule has 1 rings (SSSR count). The number of aromatic hydroxyl groups is 2. The van der Waals surface area contributed by atoms with E-state index < -0.39 is 5.38 Å². The Morgan fingerprint density at radius 3 is 2.50 bits per heavy atom. The van der Waals surface area contributed by atoms with Crippen molar-refractivity contribution in [1.29, 1.82) is 0 Å². The summed E-state index contributed by atoms with van der Waals surface area (Å²) < 4.78 is 0. The van der Waals surface area contributed by atoms with Crippen LogP contribution in [0, 0.1) is 0 Å². The zero-order valence-corrected chi connectivity index (χ0v) is 6.82. The molecule has 0 amide bonds. The van der Waals surface area contributed by atoms with E-state index in [0.717, 1.165) is 0 Å². The molecule has 0 aromatic heterocycles. The lowest BCUT2D eigenvalue weighted by Gasteiger charge is -2.03. The molecule has 1 aromatic rings. The van der Waals surface area contributed by atoms with Crippen molar-refractivity contribution in [3.05, 3.63) is 23.8 Å². The van der Waals surface area contributed by atoms with Gasteiger partial charge in [-0.05, 0) is 17.7 Å². The number of carbonyl (C=O) groups excluding carboxylic acids is 1. The Labute approximate surface area is 74.2 Å². The highest BCUT2D eigenvalue weighted by Crippen LogP contribution is 2.29. The lowest BCUT2D eigenvalue weighted by atomic mass is 10.1. The lowest BCUT2D eigenvalue weighted by Crippen LogP contribution is -1.89. The van der Waals surface area contributed by atoms with Crippen molar-refractivity contribution in [2.45, 2.75) is 5.38 Å². The summed E-state index contributed by atoms with van der Waals surface area (Å²) in [5.41, 5.74) is 0.460. The predicted octanol–water partition coefficient (Wildman–Crippen LogP) is 1.58. The van der Waals surface area contributed by atoms with Crippen molar-refractivity contribution in [2.75, 3.05) is 0 Å². The maximum Gasteiger partial charge on any atom is 0.157 e. The van der Waals surface area contributed by atoms with Crippen molar-refractivity contribution in [3.8, 4) is 11.5 Å². The number of hydrogen-bond donors (Lipinski definition) is 2. The maximum atomic E-state index is 10.2. The summed E-state index contributed by atoms with van der Waals surface area (Å²) >= 11 is 5.55. The van der Waals surface area contributed by atoms with Crippen LogP contribution in [0.4, 0.5) is 0 Å². The zero-order chi connectivity index (χ0) is 9.14. The number of aldehydes is 1. The largest absolute Gasteiger partial charge is 0.504 e. The van der Waals surface area contributed by atoms with Gasteiger partial charge in [0, 0.05) is 0 Å². The molecule has 0 saturated heterocycles. The molecule has 0 aliphatic carbocycles. The van der Waals surface area contributed by atoms with Crippen molar-refractivity contribution in [1.82, 2.24) is 0 Å². The van der Waals surface area contributed by atoms with E-state index in [2.05, 4.69) is 0 Å². The van der Waals surface area contributed by atoms with Crippen LogP contribution in [0.25, 0.3) is 0 Å². The van der Waals surface area contributed by atoms with Crippen molar-refractivity contribution < 1.29 is 15.0 Å². The second kappa shape index (κ2) is 3.45. The highest BCUT2D eigenvalue weighted by molar-refractivity contribution is 6.27. The second-order valence-electron chi connectivity index (χ2n) is 2.29. The van der Waals surface area contributed by atoms with Crippen LogP contribution in [0.5, 0.6) is 11.5 Å². The van der Waals surface area contributed by atoms with Gasteiger partial charge in [0.2, 0.25) is 0 Å². The molecule has 0 aliphatic heterocycles. The highest BCUT2D eigenvalue weighted by Gasteiger charge is 2.08. The molecule has 0 saturated carbocycles. The highest BCUT2D eigenvalue weighted by atomic mass is 35.5. The molecule has 0 aliphatic rings. The summed E-state index contributed by atoms with van der Waals surface area (Å²) in [7, 11) is 0. The monoisotopic (exact) mass is 186 g/mol. The van der Waals surface area contributed by atoms with Crippen molar-refractivity contribution in [2.24, 2.45) is 0 Å². The number of hydrogen-bond acceptors (Lipinski definition) is 3. The number of phenols is 2. The number of halogens is 1. The number of benzene rings is 1. The van der Waals surface area contributed by atoms with Crippen LogP contribution >= 0.6 is 11.6 Å². The fraction of sp³-hybridized carbons (Fsp3) is 0.125. The molecular weight excluding hydrogens is 180 g/mol. The summed E-state index contributed by atoms with van der Waals surface area (Å²) in [5, 5.41) is 17.2. The third-order valence-corrected chi connectivity index (χ3v) is 1.79. The second-order valence-corrected chi connectivity index (χ2v) is 2.76. The van der Waals surface area contributed by atoms with E-state index in [-0.39, 0.29) is 11.5 Å². The number of phenolic OH excluding ortho intramolecular Hbond substituents is 2. The van der Waals surface area contributed by atoms with Crippen LogP contribution in [-0.4, -0.2) is 16.5 Å². The minimum Gasteiger partial charge on any atom is -0.504 e. The maximum absolute atomic E-state index is 10.2. The SMILES string of the molecule is O=CC(Cl)c1ccc(O)c(O)c1. The van der Waals surface area contributed by atoms with Gasteiger partial charge in [0.1, 0.15) is 11.7 Å². The first-order chi connectivity index (χ1) is 5.65. The minimum atomic E-state index is -0.781. The molecule has 0 spiro atoms. The standard InChI is InChI=1S/C8H7ClO3/c9-6(4-10)5-1-2-7(11)8(12)3-5/h1-4,6,11-12H. The summed E-state index contributed by atoms with van der Waals surface area (Å²) in [5.74, 6) is -0.506. The summed E-state index contributed by atoms with van der Waals surface area (Å²) in [6.45, 7) is 0. The summed E-state index contributed by atoms with van der Waals surface area (Å²) in [6.07, 6.45) is 0.549. The Kier molecular flexibility index (Phi) is 2.55. The van der Waals surface area contributed by atoms with E-state index in [0.29, 0.717) is 11.8 Å². The normalized spacial score (nSPS) is 12.4. The molecule has 0 radical (unpaired) electrons. The molecule has 0 heterocycles. The van der Waals surface area contributed by atoms with Gasteiger partial charge in [0.15, 0.2) is 11.5 Å². The van der Waals surface area contributed by atoms with Crippen LogP contribution in [-0.2, 0) is 4.79 Å². The van der Waals surface area contributed by atoms with Crippen LogP contribution in [0.3, 0.4) is 0 Å². The summed E-state index contributed by atoms with van der Waals surface area (Å²) in [4.78, 5) is 10.2. The Morgan fingerprint density at radius 1 is 1.33 bits per heavy atom. The molecular formula is C8H7ClO3. The van der Waals surface area contributed by atoms with Crippen molar-refractivity contribution in [3.63, 3.8) is 0 Å². The Bertz CT molecular complexity index is 298. The smallest absolute Gasteiger partial charge is 0.157 e. The molecule has 1 atom stereocenters. The zero-order valence-electron chi connectivity index (χ0n) is 6.07. The number of carbonyl (C=O) groups is 1. The molecule has 0 fully saturated rings. The molecule has 64 valence electrons. The Hall–Kier alpha value is -1.22. The van der Waals surface area contributed by atoms with E-state index >= 15 is 0 Å². The first kappa shape index (κ1) is 8.87. The lowest BCUT2D eigenvalue weighted by molar-refractivity contribution is -0.107. The number of alkyl halides is 1.